The molecular formula is C78H119F4N5O13S2. The molecule has 574 valence electrons. The molecule has 7 aliphatic rings. The Balaban J connectivity index is 0.000000571. The summed E-state index contributed by atoms with van der Waals surface area (Å²) in [6.07, 6.45) is 21.8. The molecule has 3 N–H and O–H groups in total. The number of benzene rings is 1. The second kappa shape index (κ2) is 44.9. The van der Waals surface area contributed by atoms with E-state index in [9.17, 15) is 65.5 Å². The van der Waals surface area contributed by atoms with Crippen molar-refractivity contribution < 1.29 is 79.7 Å². The van der Waals surface area contributed by atoms with Gasteiger partial charge in [0.15, 0.2) is 22.4 Å². The Kier molecular flexibility index (Phi) is 41.2. The van der Waals surface area contributed by atoms with Gasteiger partial charge in [0.2, 0.25) is 11.8 Å². The van der Waals surface area contributed by atoms with E-state index in [1.807, 2.05) is 81.4 Å². The first-order valence-corrected chi connectivity index (χ1v) is 37.9. The molecule has 2 heterocycles. The first-order chi connectivity index (χ1) is 47.8. The van der Waals surface area contributed by atoms with Crippen LogP contribution in [-0.2, 0) is 54.2 Å². The Hall–Kier alpha value is -6.58. The molecule has 0 aliphatic heterocycles. The van der Waals surface area contributed by atoms with Crippen molar-refractivity contribution in [3.8, 4) is 12.3 Å². The largest absolute Gasteiger partial charge is 0.459 e. The van der Waals surface area contributed by atoms with Crippen molar-refractivity contribution in [2.45, 2.75) is 282 Å². The number of alkyl halides is 3. The molecule has 24 heteroatoms. The molecule has 0 atom stereocenters. The number of hydrogen-bond acceptors (Lipinski definition) is 17. The van der Waals surface area contributed by atoms with Crippen LogP contribution in [0.25, 0.3) is 0 Å². The van der Waals surface area contributed by atoms with E-state index in [-0.39, 0.29) is 76.6 Å². The molecule has 0 bridgehead atoms. The summed E-state index contributed by atoms with van der Waals surface area (Å²) < 4.78 is 64.5. The van der Waals surface area contributed by atoms with E-state index >= 15 is 0 Å². The summed E-state index contributed by atoms with van der Waals surface area (Å²) in [6, 6.07) is 6.67. The Bertz CT molecular complexity index is 3190. The number of carbonyl (C=O) groups is 10. The van der Waals surface area contributed by atoms with Crippen molar-refractivity contribution in [2.24, 2.45) is 33.5 Å². The van der Waals surface area contributed by atoms with E-state index in [0.29, 0.717) is 73.7 Å². The zero-order valence-corrected chi connectivity index (χ0v) is 65.9. The number of Topliss-reactive ketones (excluding diaryl/α,β-unsaturated/α-hetero) is 6. The molecular weight excluding hydrogens is 1360 g/mol. The van der Waals surface area contributed by atoms with Gasteiger partial charge in [0.05, 0.1) is 38.4 Å². The Morgan fingerprint density at radius 1 is 0.647 bits per heavy atom. The zero-order chi connectivity index (χ0) is 77.9. The average Bonchev–Trinajstić information content (AvgIpc) is 1.49. The summed E-state index contributed by atoms with van der Waals surface area (Å²) in [5, 5.41) is 9.49. The molecule has 18 nitrogen and oxygen atoms in total. The van der Waals surface area contributed by atoms with Gasteiger partial charge in [0.25, 0.3) is 0 Å². The number of esters is 1. The number of rotatable bonds is 22. The summed E-state index contributed by atoms with van der Waals surface area (Å²) in [4.78, 5) is 120. The van der Waals surface area contributed by atoms with Gasteiger partial charge in [-0.15, -0.1) is 29.1 Å². The molecule has 2 aromatic heterocycles. The lowest BCUT2D eigenvalue weighted by Crippen LogP contribution is -2.49. The molecule has 10 rings (SSSR count). The predicted molar refractivity (Wildman–Crippen MR) is 394 cm³/mol. The van der Waals surface area contributed by atoms with E-state index < -0.39 is 34.5 Å². The second-order valence-electron chi connectivity index (χ2n) is 27.9. The molecule has 7 saturated carbocycles. The van der Waals surface area contributed by atoms with Gasteiger partial charge in [-0.05, 0) is 162 Å². The Morgan fingerprint density at radius 3 is 1.44 bits per heavy atom. The third-order valence-corrected chi connectivity index (χ3v) is 20.1. The number of hydrogen-bond donors (Lipinski definition) is 3. The maximum absolute atomic E-state index is 12.4. The third-order valence-electron chi connectivity index (χ3n) is 18.0. The monoisotopic (exact) mass is 1470 g/mol. The highest BCUT2D eigenvalue weighted by molar-refractivity contribution is 7.14. The Morgan fingerprint density at radius 2 is 1.16 bits per heavy atom. The first-order valence-electron chi connectivity index (χ1n) is 36.2. The number of ketones is 6. The summed E-state index contributed by atoms with van der Waals surface area (Å²) in [6.45, 7) is 28.9. The van der Waals surface area contributed by atoms with Gasteiger partial charge < -0.3 is 30.2 Å². The summed E-state index contributed by atoms with van der Waals surface area (Å²) >= 11 is 2.95. The minimum atomic E-state index is -4.33. The number of nitrogens with one attached hydrogen (secondary N) is 3. The van der Waals surface area contributed by atoms with Crippen LogP contribution >= 0.6 is 22.7 Å². The van der Waals surface area contributed by atoms with Crippen LogP contribution in [0.15, 0.2) is 30.5 Å². The van der Waals surface area contributed by atoms with Gasteiger partial charge in [0.1, 0.15) is 39.8 Å². The maximum atomic E-state index is 12.4. The molecule has 7 aliphatic carbocycles. The van der Waals surface area contributed by atoms with Crippen LogP contribution in [0.1, 0.15) is 278 Å². The quantitative estimate of drug-likeness (QED) is 0.0366. The van der Waals surface area contributed by atoms with Gasteiger partial charge in [-0.2, -0.15) is 13.2 Å². The van der Waals surface area contributed by atoms with Crippen molar-refractivity contribution >= 4 is 81.2 Å². The van der Waals surface area contributed by atoms with E-state index in [1.54, 1.807) is 48.2 Å². The highest BCUT2D eigenvalue weighted by Crippen LogP contribution is 2.54. The lowest BCUT2D eigenvalue weighted by Gasteiger charge is -2.41. The molecule has 0 unspecified atom stereocenters. The number of methoxy groups -OCH3 is 1. The van der Waals surface area contributed by atoms with Gasteiger partial charge in [-0.3, -0.25) is 43.2 Å². The van der Waals surface area contributed by atoms with Crippen LogP contribution in [-0.4, -0.2) is 120 Å². The third kappa shape index (κ3) is 33.5. The van der Waals surface area contributed by atoms with Crippen LogP contribution in [0.2, 0.25) is 0 Å². The summed E-state index contributed by atoms with van der Waals surface area (Å²) in [5.74, 6) is 4.23. The maximum Gasteiger partial charge on any atom is 0.407 e. The normalized spacial score (nSPS) is 16.9. The number of thiazole rings is 2. The molecule has 7 fully saturated rings. The van der Waals surface area contributed by atoms with Crippen LogP contribution in [0.5, 0.6) is 0 Å². The van der Waals surface area contributed by atoms with Crippen molar-refractivity contribution in [3.05, 3.63) is 67.3 Å². The highest BCUT2D eigenvalue weighted by Gasteiger charge is 2.62. The highest BCUT2D eigenvalue weighted by atomic mass is 32.1. The minimum Gasteiger partial charge on any atom is -0.459 e. The van der Waals surface area contributed by atoms with Gasteiger partial charge >= 0.3 is 18.2 Å². The fourth-order valence-electron chi connectivity index (χ4n) is 10.0. The Labute approximate surface area is 613 Å². The van der Waals surface area contributed by atoms with Gasteiger partial charge in [0, 0.05) is 95.6 Å². The fraction of sp³-hybridized carbons (Fsp3) is 0.692. The lowest BCUT2D eigenvalue weighted by molar-refractivity contribution is -0.242. The lowest BCUT2D eigenvalue weighted by atomic mass is 9.65. The molecule has 0 saturated heterocycles. The van der Waals surface area contributed by atoms with Gasteiger partial charge in [-0.1, -0.05) is 92.7 Å². The van der Waals surface area contributed by atoms with E-state index in [4.69, 9.17) is 20.6 Å². The number of alkyl carbamates (subject to hydrolysis) is 1. The second-order valence-corrected chi connectivity index (χ2v) is 30.3. The minimum absolute atomic E-state index is 0.0106. The standard InChI is InChI=1S/C11H20N2O3.C9H11F.C8H11F3O.C8H11NOS.C8H10O.C7H13NO2.C7H9NOS.C7H12O2.C7H12O.C6H10O/c1-10(2,3)16-9(15)13-7-11(5-6-11)8(14)12-4;1-2-3-8-4-6-9(10)7-5-8;1-2-6(12)7(4-3-5-7)8(9,10)11;1-4-7(10)8-5(2)9-6(3)11-8;1-3-7(9)8(4-2)5-6-8;1-8-6(9)7(3-4-7)5-10-2;1-3-6(9)7-8-4-5(2)10-7;1-3-6(8)9-7(2)4-5-7;1-2-7(8)6-4-3-5-6;1-2-6(7)5-3-4-5/h5-7H2,1-4H3,(H,12,14)(H,13,15);4-7H,2-3H2,1H3;2-5H2,1H3;4H2,1-3H3;2H,3,5-6H2,1H3;3-5H2,1-2H3,(H,8,9);4H,3H2,1-2H3;3-5H2,1-2H3;6H,2-5H2,1H3;5H,2-4H2,1H3. The number of halogens is 4. The number of carbonyl (C=O) groups excluding carboxylic acids is 10. The number of amides is 3. The van der Waals surface area contributed by atoms with E-state index in [1.165, 1.54) is 53.7 Å². The van der Waals surface area contributed by atoms with Crippen LogP contribution < -0.4 is 16.0 Å². The van der Waals surface area contributed by atoms with Crippen molar-refractivity contribution in [2.75, 3.05) is 34.4 Å². The SMILES string of the molecule is C#CC1(C(=O)CC)CC1.CCC(=O)C1(C(F)(F)F)CCC1.CCC(=O)C1CC1.CCC(=O)C1CCC1.CCC(=O)OC1(C)CC1.CCC(=O)c1ncc(C)s1.CCC(=O)c1sc(C)nc1C.CCCc1ccc(F)cc1.CNC(=O)C1(CNC(=O)OC(C)(C)C)CC1.CNC(=O)C1(COC)CC1. The number of aryl methyl sites for hydroxylation is 4. The van der Waals surface area contributed by atoms with E-state index in [2.05, 4.69) is 38.8 Å². The van der Waals surface area contributed by atoms with Crippen molar-refractivity contribution in [1.82, 2.24) is 25.9 Å². The molecule has 102 heavy (non-hydrogen) atoms. The zero-order valence-electron chi connectivity index (χ0n) is 64.2. The van der Waals surface area contributed by atoms with Crippen molar-refractivity contribution in [3.63, 3.8) is 0 Å². The van der Waals surface area contributed by atoms with Crippen LogP contribution in [0.3, 0.4) is 0 Å². The first kappa shape index (κ1) is 93.4. The summed E-state index contributed by atoms with van der Waals surface area (Å²) in [7, 11) is 4.90. The number of ether oxygens (including phenoxy) is 3. The van der Waals surface area contributed by atoms with Gasteiger partial charge in [-0.25, -0.2) is 19.2 Å². The average molecular weight is 1470 g/mol. The number of terminal acetylenes is 1. The molecule has 3 amide bonds. The smallest absolute Gasteiger partial charge is 0.407 e. The van der Waals surface area contributed by atoms with Crippen molar-refractivity contribution in [1.29, 1.82) is 0 Å². The predicted octanol–water partition coefficient (Wildman–Crippen LogP) is 17.1. The molecule has 3 aromatic rings. The number of aromatic nitrogens is 2. The topological polar surface area (TPSA) is 260 Å². The molecule has 0 spiro atoms. The number of nitrogens with zero attached hydrogens (tertiary/aromatic N) is 2. The van der Waals surface area contributed by atoms with Crippen LogP contribution in [0.4, 0.5) is 22.4 Å². The fourth-order valence-corrected chi connectivity index (χ4v) is 11.7. The van der Waals surface area contributed by atoms with Crippen LogP contribution in [0, 0.1) is 72.4 Å². The van der Waals surface area contributed by atoms with E-state index in [0.717, 1.165) is 123 Å². The molecule has 1 aromatic carbocycles. The summed E-state index contributed by atoms with van der Waals surface area (Å²) in [5.41, 5.74) is -1.34. The molecule has 0 radical (unpaired) electrons.